The fourth-order valence-electron chi connectivity index (χ4n) is 4.09. The number of hydrogen-bond donors (Lipinski definition) is 2. The maximum atomic E-state index is 13.1. The molecule has 0 bridgehead atoms. The highest BCUT2D eigenvalue weighted by atomic mass is 16.2. The minimum Gasteiger partial charge on any atom is -0.324 e. The number of para-hydroxylation sites is 2. The smallest absolute Gasteiger partial charge is 0.261 e. The van der Waals surface area contributed by atoms with E-state index in [1.165, 1.54) is 24.1 Å². The topological polar surface area (TPSA) is 113 Å². The van der Waals surface area contributed by atoms with Gasteiger partial charge in [0.25, 0.3) is 5.56 Å². The molecule has 0 fully saturated rings. The molecule has 0 spiro atoms. The van der Waals surface area contributed by atoms with Gasteiger partial charge in [-0.15, -0.1) is 0 Å². The second-order valence-corrected chi connectivity index (χ2v) is 7.68. The zero-order chi connectivity index (χ0) is 22.9. The van der Waals surface area contributed by atoms with Gasteiger partial charge >= 0.3 is 0 Å². The monoisotopic (exact) mass is 440 g/mol. The predicted molar refractivity (Wildman–Crippen MR) is 123 cm³/mol. The highest BCUT2D eigenvalue weighted by Crippen LogP contribution is 2.33. The Kier molecular flexibility index (Phi) is 5.06. The van der Waals surface area contributed by atoms with Gasteiger partial charge in [0.2, 0.25) is 11.8 Å². The van der Waals surface area contributed by atoms with E-state index >= 15 is 0 Å². The molecule has 2 N–H and O–H groups in total. The summed E-state index contributed by atoms with van der Waals surface area (Å²) in [6, 6.07) is 14.4. The van der Waals surface area contributed by atoms with Crippen molar-refractivity contribution in [2.45, 2.75) is 19.4 Å². The zero-order valence-corrected chi connectivity index (χ0v) is 17.7. The summed E-state index contributed by atoms with van der Waals surface area (Å²) in [5, 5.41) is 7.58. The molecule has 1 aliphatic rings. The van der Waals surface area contributed by atoms with E-state index < -0.39 is 6.04 Å². The van der Waals surface area contributed by atoms with Crippen molar-refractivity contribution in [3.63, 3.8) is 0 Å². The van der Waals surface area contributed by atoms with Crippen LogP contribution in [0.5, 0.6) is 0 Å². The number of nitrogens with zero attached hydrogens (tertiary/aromatic N) is 4. The molecule has 0 saturated heterocycles. The minimum absolute atomic E-state index is 0.0764. The van der Waals surface area contributed by atoms with Crippen molar-refractivity contribution in [2.24, 2.45) is 0 Å². The molecular weight excluding hydrogens is 420 g/mol. The highest BCUT2D eigenvalue weighted by Gasteiger charge is 2.28. The van der Waals surface area contributed by atoms with E-state index in [1.54, 1.807) is 29.3 Å². The Balaban J connectivity index is 1.45. The van der Waals surface area contributed by atoms with E-state index in [1.807, 2.05) is 36.4 Å². The summed E-state index contributed by atoms with van der Waals surface area (Å²) in [4.78, 5) is 45.7. The van der Waals surface area contributed by atoms with Crippen LogP contribution in [-0.2, 0) is 9.59 Å². The second kappa shape index (κ2) is 8.19. The molecule has 33 heavy (non-hydrogen) atoms. The third kappa shape index (κ3) is 3.69. The number of carbonyl (C=O) groups excluding carboxylic acids is 2. The van der Waals surface area contributed by atoms with Gasteiger partial charge in [-0.25, -0.2) is 9.67 Å². The molecule has 2 aromatic heterocycles. The molecule has 5 rings (SSSR count). The van der Waals surface area contributed by atoms with Crippen molar-refractivity contribution in [1.82, 2.24) is 24.6 Å². The van der Waals surface area contributed by atoms with Crippen molar-refractivity contribution in [2.75, 3.05) is 5.32 Å². The fraction of sp³-hybridized carbons (Fsp3) is 0.125. The van der Waals surface area contributed by atoms with Crippen molar-refractivity contribution >= 4 is 34.6 Å². The number of H-pyrrole nitrogens is 1. The van der Waals surface area contributed by atoms with Crippen LogP contribution in [0.3, 0.4) is 0 Å². The van der Waals surface area contributed by atoms with Crippen LogP contribution in [0.4, 0.5) is 5.69 Å². The number of amides is 2. The second-order valence-electron chi connectivity index (χ2n) is 7.68. The summed E-state index contributed by atoms with van der Waals surface area (Å²) in [6.45, 7) is 1.48. The lowest BCUT2D eigenvalue weighted by Crippen LogP contribution is -2.33. The molecule has 2 aromatic carbocycles. The zero-order valence-electron chi connectivity index (χ0n) is 17.7. The van der Waals surface area contributed by atoms with Crippen LogP contribution in [-0.4, -0.2) is 36.5 Å². The molecule has 1 unspecified atom stereocenters. The van der Waals surface area contributed by atoms with E-state index in [4.69, 9.17) is 0 Å². The first-order valence-electron chi connectivity index (χ1n) is 10.4. The van der Waals surface area contributed by atoms with E-state index in [0.29, 0.717) is 22.4 Å². The Bertz CT molecular complexity index is 1470. The normalized spacial score (nSPS) is 14.8. The number of rotatable bonds is 4. The number of anilines is 1. The van der Waals surface area contributed by atoms with Crippen LogP contribution >= 0.6 is 0 Å². The van der Waals surface area contributed by atoms with Gasteiger partial charge in [-0.2, -0.15) is 5.10 Å². The van der Waals surface area contributed by atoms with Crippen LogP contribution in [0.25, 0.3) is 22.8 Å². The summed E-state index contributed by atoms with van der Waals surface area (Å²) in [6.07, 6.45) is 6.42. The maximum Gasteiger partial charge on any atom is 0.261 e. The lowest BCUT2D eigenvalue weighted by atomic mass is 9.93. The molecule has 4 aromatic rings. The van der Waals surface area contributed by atoms with Crippen LogP contribution in [0, 0.1) is 0 Å². The molecule has 9 heteroatoms. The Hall–Kier alpha value is -4.53. The van der Waals surface area contributed by atoms with E-state index in [-0.39, 0.29) is 23.8 Å². The number of benzene rings is 2. The van der Waals surface area contributed by atoms with Gasteiger partial charge in [0, 0.05) is 13.1 Å². The number of carbonyl (C=O) groups is 2. The number of aromatic amines is 1. The Morgan fingerprint density at radius 2 is 1.91 bits per heavy atom. The fourth-order valence-corrected chi connectivity index (χ4v) is 4.09. The third-order valence-corrected chi connectivity index (χ3v) is 5.63. The minimum atomic E-state index is -0.415. The first kappa shape index (κ1) is 20.4. The summed E-state index contributed by atoms with van der Waals surface area (Å²) < 4.78 is 1.51. The Morgan fingerprint density at radius 1 is 1.12 bits per heavy atom. The number of nitrogens with one attached hydrogen (secondary N) is 2. The third-order valence-electron chi connectivity index (χ3n) is 5.63. The van der Waals surface area contributed by atoms with Crippen LogP contribution in [0.15, 0.2) is 72.0 Å². The molecule has 0 saturated carbocycles. The van der Waals surface area contributed by atoms with Gasteiger partial charge in [0.15, 0.2) is 5.65 Å². The van der Waals surface area contributed by atoms with Gasteiger partial charge in [-0.1, -0.05) is 36.4 Å². The number of hydrogen-bond acceptors (Lipinski definition) is 5. The lowest BCUT2D eigenvalue weighted by molar-refractivity contribution is -0.129. The Labute approximate surface area is 188 Å². The summed E-state index contributed by atoms with van der Waals surface area (Å²) in [5.41, 5.74) is 3.08. The first-order chi connectivity index (χ1) is 16.0. The average molecular weight is 440 g/mol. The lowest BCUT2D eigenvalue weighted by Gasteiger charge is -2.32. The van der Waals surface area contributed by atoms with Crippen LogP contribution in [0.1, 0.15) is 30.5 Å². The van der Waals surface area contributed by atoms with E-state index in [2.05, 4.69) is 20.4 Å². The summed E-state index contributed by atoms with van der Waals surface area (Å²) >= 11 is 0. The SMILES string of the molecule is CC(=O)N1C=Cc2ccccc2C1CC(=O)Nc1ccccc1-n1ncc2c(=O)[nH]cnc21. The molecule has 1 aliphatic heterocycles. The Morgan fingerprint density at radius 3 is 2.76 bits per heavy atom. The number of fused-ring (bicyclic) bond motifs is 2. The maximum absolute atomic E-state index is 13.1. The molecule has 9 nitrogen and oxygen atoms in total. The highest BCUT2D eigenvalue weighted by molar-refractivity contribution is 5.94. The van der Waals surface area contributed by atoms with E-state index in [9.17, 15) is 14.4 Å². The molecule has 3 heterocycles. The molecule has 0 aliphatic carbocycles. The molecule has 164 valence electrons. The van der Waals surface area contributed by atoms with E-state index in [0.717, 1.165) is 11.1 Å². The molecule has 0 radical (unpaired) electrons. The van der Waals surface area contributed by atoms with Gasteiger partial charge in [-0.05, 0) is 29.3 Å². The van der Waals surface area contributed by atoms with Gasteiger partial charge in [-0.3, -0.25) is 14.4 Å². The summed E-state index contributed by atoms with van der Waals surface area (Å²) in [7, 11) is 0. The molecule has 2 amide bonds. The van der Waals surface area contributed by atoms with Crippen molar-refractivity contribution < 1.29 is 9.59 Å². The summed E-state index contributed by atoms with van der Waals surface area (Å²) in [5.74, 6) is -0.399. The van der Waals surface area contributed by atoms with Gasteiger partial charge in [0.05, 0.1) is 36.4 Å². The predicted octanol–water partition coefficient (Wildman–Crippen LogP) is 3.01. The quantitative estimate of drug-likeness (QED) is 0.507. The van der Waals surface area contributed by atoms with Gasteiger partial charge in [0.1, 0.15) is 5.39 Å². The van der Waals surface area contributed by atoms with Crippen molar-refractivity contribution in [3.05, 3.63) is 88.7 Å². The largest absolute Gasteiger partial charge is 0.324 e. The van der Waals surface area contributed by atoms with Crippen molar-refractivity contribution in [1.29, 1.82) is 0 Å². The average Bonchev–Trinajstić information content (AvgIpc) is 3.25. The first-order valence-corrected chi connectivity index (χ1v) is 10.4. The molecule has 1 atom stereocenters. The number of aromatic nitrogens is 4. The van der Waals surface area contributed by atoms with Gasteiger partial charge < -0.3 is 15.2 Å². The van der Waals surface area contributed by atoms with Crippen LogP contribution < -0.4 is 10.9 Å². The van der Waals surface area contributed by atoms with Crippen molar-refractivity contribution in [3.8, 4) is 5.69 Å². The molecular formula is C24H20N6O3. The standard InChI is InChI=1S/C24H20N6O3/c1-15(31)29-11-10-16-6-2-3-7-17(16)21(29)12-22(32)28-19-8-4-5-9-20(19)30-23-18(13-27-30)24(33)26-14-25-23/h2-11,13-14,21H,12H2,1H3,(H,28,32)(H,25,26,33). The van der Waals surface area contributed by atoms with Crippen LogP contribution in [0.2, 0.25) is 0 Å².